The number of nitrogens with one attached hydrogen (secondary N) is 2. The van der Waals surface area contributed by atoms with E-state index in [1.165, 1.54) is 5.56 Å². The van der Waals surface area contributed by atoms with Crippen LogP contribution in [0.25, 0.3) is 22.6 Å². The van der Waals surface area contributed by atoms with Gasteiger partial charge in [0.25, 0.3) is 0 Å². The summed E-state index contributed by atoms with van der Waals surface area (Å²) in [5.74, 6) is 0.845. The van der Waals surface area contributed by atoms with Gasteiger partial charge in [0, 0.05) is 24.4 Å². The van der Waals surface area contributed by atoms with Crippen LogP contribution in [0.4, 0.5) is 5.69 Å². The zero-order valence-electron chi connectivity index (χ0n) is 13.6. The standard InChI is InChI=1S/C18H21N3O/c1-5-19-13-7-8-14-18(12(13)4)22-17-10-15(20-6-2)11(3)9-16(17)21-14/h7-10,20H,5-6H2,1-4H3/p+1. The van der Waals surface area contributed by atoms with Crippen molar-refractivity contribution >= 4 is 16.8 Å². The van der Waals surface area contributed by atoms with Gasteiger partial charge in [-0.3, -0.25) is 0 Å². The number of hydrogen-bond donors (Lipinski definition) is 2. The summed E-state index contributed by atoms with van der Waals surface area (Å²) in [4.78, 5) is 8.11. The molecule has 22 heavy (non-hydrogen) atoms. The maximum Gasteiger partial charge on any atom is 0.205 e. The Balaban J connectivity index is 2.30. The predicted octanol–water partition coefficient (Wildman–Crippen LogP) is 1.98. The van der Waals surface area contributed by atoms with E-state index in [4.69, 9.17) is 9.40 Å². The Labute approximate surface area is 130 Å². The molecule has 0 saturated heterocycles. The average Bonchev–Trinajstić information content (AvgIpc) is 2.50. The fraction of sp³-hybridized carbons (Fsp3) is 0.333. The number of aromatic nitrogens is 1. The second-order valence-electron chi connectivity index (χ2n) is 5.50. The summed E-state index contributed by atoms with van der Waals surface area (Å²) in [6.45, 7) is 10.1. The van der Waals surface area contributed by atoms with Crippen molar-refractivity contribution in [2.45, 2.75) is 27.7 Å². The van der Waals surface area contributed by atoms with Gasteiger partial charge >= 0.3 is 0 Å². The zero-order valence-corrected chi connectivity index (χ0v) is 13.6. The van der Waals surface area contributed by atoms with Crippen LogP contribution < -0.4 is 15.7 Å². The third kappa shape index (κ3) is 2.45. The van der Waals surface area contributed by atoms with Gasteiger partial charge in [0.1, 0.15) is 17.8 Å². The fourth-order valence-electron chi connectivity index (χ4n) is 2.74. The molecule has 1 heterocycles. The molecular formula is C18H22N3O+. The van der Waals surface area contributed by atoms with E-state index in [2.05, 4.69) is 50.1 Å². The van der Waals surface area contributed by atoms with Crippen LogP contribution in [0, 0.1) is 13.8 Å². The van der Waals surface area contributed by atoms with Gasteiger partial charge in [-0.05, 0) is 45.4 Å². The van der Waals surface area contributed by atoms with Crippen LogP contribution in [0.5, 0.6) is 0 Å². The third-order valence-electron chi connectivity index (χ3n) is 3.88. The van der Waals surface area contributed by atoms with Crippen molar-refractivity contribution in [2.75, 3.05) is 18.4 Å². The minimum Gasteiger partial charge on any atom is -0.452 e. The molecule has 0 amide bonds. The number of hydrogen-bond acceptors (Lipinski definition) is 3. The average molecular weight is 296 g/mol. The molecule has 0 radical (unpaired) electrons. The summed E-state index contributed by atoms with van der Waals surface area (Å²) in [5.41, 5.74) is 5.97. The largest absolute Gasteiger partial charge is 0.452 e. The number of nitrogens with zero attached hydrogens (tertiary/aromatic N) is 1. The van der Waals surface area contributed by atoms with Crippen LogP contribution in [0.3, 0.4) is 0 Å². The van der Waals surface area contributed by atoms with E-state index < -0.39 is 0 Å². The smallest absolute Gasteiger partial charge is 0.205 e. The highest BCUT2D eigenvalue weighted by Crippen LogP contribution is 2.29. The van der Waals surface area contributed by atoms with Gasteiger partial charge in [-0.2, -0.15) is 0 Å². The van der Waals surface area contributed by atoms with E-state index in [-0.39, 0.29) is 0 Å². The summed E-state index contributed by atoms with van der Waals surface area (Å²) in [6.07, 6.45) is 0. The van der Waals surface area contributed by atoms with Crippen LogP contribution in [0.2, 0.25) is 0 Å². The highest BCUT2D eigenvalue weighted by Gasteiger charge is 2.15. The molecular weight excluding hydrogens is 274 g/mol. The van der Waals surface area contributed by atoms with Crippen molar-refractivity contribution < 1.29 is 9.41 Å². The first-order valence-electron chi connectivity index (χ1n) is 7.79. The van der Waals surface area contributed by atoms with Gasteiger partial charge in [-0.25, -0.2) is 9.98 Å². The second kappa shape index (κ2) is 5.79. The Morgan fingerprint density at radius 1 is 1.18 bits per heavy atom. The van der Waals surface area contributed by atoms with Crippen molar-refractivity contribution in [1.82, 2.24) is 4.98 Å². The summed E-state index contributed by atoms with van der Waals surface area (Å²) in [6, 6.07) is 8.19. The molecule has 2 aliphatic rings. The molecule has 0 saturated carbocycles. The van der Waals surface area contributed by atoms with Crippen LogP contribution in [-0.2, 0) is 0 Å². The van der Waals surface area contributed by atoms with Crippen molar-refractivity contribution in [3.63, 3.8) is 0 Å². The first-order valence-corrected chi connectivity index (χ1v) is 7.79. The quantitative estimate of drug-likeness (QED) is 0.727. The number of aryl methyl sites for hydroxylation is 1. The van der Waals surface area contributed by atoms with Gasteiger partial charge in [0.2, 0.25) is 5.36 Å². The molecule has 4 heteroatoms. The highest BCUT2D eigenvalue weighted by molar-refractivity contribution is 5.82. The molecule has 0 spiro atoms. The number of rotatable bonds is 3. The Morgan fingerprint density at radius 3 is 2.73 bits per heavy atom. The van der Waals surface area contributed by atoms with Crippen LogP contribution in [0.15, 0.2) is 28.7 Å². The first-order chi connectivity index (χ1) is 10.6. The summed E-state index contributed by atoms with van der Waals surface area (Å²) in [7, 11) is 0. The van der Waals surface area contributed by atoms with Crippen molar-refractivity contribution in [3.05, 3.63) is 40.7 Å². The topological polar surface area (TPSA) is 52.0 Å². The maximum absolute atomic E-state index is 6.16. The van der Waals surface area contributed by atoms with Gasteiger partial charge in [0.15, 0.2) is 11.3 Å². The van der Waals surface area contributed by atoms with Crippen LogP contribution >= 0.6 is 0 Å². The number of fused-ring (bicyclic) bond motifs is 2. The Kier molecular flexibility index (Phi) is 3.84. The van der Waals surface area contributed by atoms with E-state index in [1.807, 2.05) is 12.1 Å². The molecule has 1 aliphatic heterocycles. The fourth-order valence-corrected chi connectivity index (χ4v) is 2.74. The van der Waals surface area contributed by atoms with Crippen LogP contribution in [-0.4, -0.2) is 18.1 Å². The van der Waals surface area contributed by atoms with Gasteiger partial charge in [-0.15, -0.1) is 0 Å². The molecule has 0 atom stereocenters. The molecule has 0 aromatic heterocycles. The lowest BCUT2D eigenvalue weighted by atomic mass is 10.1. The van der Waals surface area contributed by atoms with E-state index in [1.54, 1.807) is 0 Å². The molecule has 1 aliphatic carbocycles. The lowest BCUT2D eigenvalue weighted by Gasteiger charge is -2.12. The molecule has 0 bridgehead atoms. The molecule has 1 aromatic carbocycles. The van der Waals surface area contributed by atoms with Crippen LogP contribution in [0.1, 0.15) is 25.0 Å². The summed E-state index contributed by atoms with van der Waals surface area (Å²) >= 11 is 0. The Bertz CT molecular complexity index is 864. The van der Waals surface area contributed by atoms with Gasteiger partial charge in [-0.1, -0.05) is 0 Å². The molecule has 1 aromatic rings. The predicted molar refractivity (Wildman–Crippen MR) is 88.9 cm³/mol. The van der Waals surface area contributed by atoms with E-state index in [0.717, 1.165) is 52.3 Å². The van der Waals surface area contributed by atoms with Gasteiger partial charge < -0.3 is 9.73 Å². The molecule has 2 N–H and O–H groups in total. The Morgan fingerprint density at radius 2 is 2.00 bits per heavy atom. The molecule has 3 rings (SSSR count). The number of benzene rings is 2. The molecule has 0 unspecified atom stereocenters. The van der Waals surface area contributed by atoms with E-state index >= 15 is 0 Å². The zero-order chi connectivity index (χ0) is 15.7. The molecule has 114 valence electrons. The van der Waals surface area contributed by atoms with Crippen molar-refractivity contribution in [2.24, 2.45) is 0 Å². The SMILES string of the molecule is CCNc1cc2oc3c(C)c(=[NH+]CC)ccc-3nc2cc1C. The molecule has 4 nitrogen and oxygen atoms in total. The van der Waals surface area contributed by atoms with E-state index in [9.17, 15) is 0 Å². The Hall–Kier alpha value is -2.36. The monoisotopic (exact) mass is 296 g/mol. The normalized spacial score (nSPS) is 12.3. The minimum atomic E-state index is 0.811. The second-order valence-corrected chi connectivity index (χ2v) is 5.50. The minimum absolute atomic E-state index is 0.811. The van der Waals surface area contributed by atoms with E-state index in [0.29, 0.717) is 0 Å². The highest BCUT2D eigenvalue weighted by atomic mass is 16.3. The summed E-state index contributed by atoms with van der Waals surface area (Å²) in [5, 5.41) is 4.46. The lowest BCUT2D eigenvalue weighted by molar-refractivity contribution is -0.496. The van der Waals surface area contributed by atoms with Gasteiger partial charge in [0.05, 0.1) is 5.56 Å². The summed E-state index contributed by atoms with van der Waals surface area (Å²) < 4.78 is 6.16. The lowest BCUT2D eigenvalue weighted by Crippen LogP contribution is -2.76. The first kappa shape index (κ1) is 14.6. The van der Waals surface area contributed by atoms with Crippen molar-refractivity contribution in [1.29, 1.82) is 0 Å². The maximum atomic E-state index is 6.16. The van der Waals surface area contributed by atoms with Crippen molar-refractivity contribution in [3.8, 4) is 11.5 Å². The molecule has 0 fully saturated rings. The number of anilines is 1. The third-order valence-corrected chi connectivity index (χ3v) is 3.88.